The van der Waals surface area contributed by atoms with Crippen molar-refractivity contribution in [2.24, 2.45) is 35.5 Å². The lowest BCUT2D eigenvalue weighted by Crippen LogP contribution is -2.19. The molecule has 6 atom stereocenters. The third-order valence-corrected chi connectivity index (χ3v) is 5.24. The second-order valence-electron chi connectivity index (χ2n) is 5.73. The minimum absolute atomic E-state index is 0.968. The third-order valence-electron chi connectivity index (χ3n) is 5.24. The van der Waals surface area contributed by atoms with Gasteiger partial charge in [0.1, 0.15) is 0 Å². The molecule has 0 heteroatoms. The molecule has 3 aliphatic rings. The molecule has 0 aromatic carbocycles. The van der Waals surface area contributed by atoms with E-state index < -0.39 is 0 Å². The van der Waals surface area contributed by atoms with E-state index in [0.717, 1.165) is 35.5 Å². The van der Waals surface area contributed by atoms with Gasteiger partial charge in [-0.05, 0) is 55.3 Å². The fourth-order valence-corrected chi connectivity index (χ4v) is 4.50. The molecule has 0 heterocycles. The van der Waals surface area contributed by atoms with E-state index in [4.69, 9.17) is 0 Å². The molecule has 0 N–H and O–H groups in total. The smallest absolute Gasteiger partial charge is 0.0169 e. The van der Waals surface area contributed by atoms with Crippen LogP contribution in [0.25, 0.3) is 0 Å². The Labute approximate surface area is 81.4 Å². The summed E-state index contributed by atoms with van der Waals surface area (Å²) in [5.41, 5.74) is 1.72. The minimum atomic E-state index is 0.968. The van der Waals surface area contributed by atoms with Gasteiger partial charge in [0.2, 0.25) is 0 Å². The van der Waals surface area contributed by atoms with E-state index in [-0.39, 0.29) is 0 Å². The molecule has 6 unspecified atom stereocenters. The van der Waals surface area contributed by atoms with Crippen LogP contribution in [-0.4, -0.2) is 0 Å². The first-order valence-corrected chi connectivity index (χ1v) is 5.87. The number of hydrogen-bond acceptors (Lipinski definition) is 0. The van der Waals surface area contributed by atoms with Crippen molar-refractivity contribution in [3.63, 3.8) is 0 Å². The van der Waals surface area contributed by atoms with Crippen LogP contribution in [-0.2, 0) is 0 Å². The molecule has 3 aliphatic carbocycles. The Bertz CT molecular complexity index is 263. The maximum Gasteiger partial charge on any atom is -0.0169 e. The molecule has 13 heavy (non-hydrogen) atoms. The Morgan fingerprint density at radius 2 is 2.00 bits per heavy atom. The van der Waals surface area contributed by atoms with Gasteiger partial charge in [0.15, 0.2) is 0 Å². The van der Waals surface area contributed by atoms with E-state index >= 15 is 0 Å². The standard InChI is InChI=1S/C13H20/c1-7-5-12-11-6-10(4-8(11)2)13(12)9(7)3/h4,7,9-13H,5-6H2,1-3H3. The van der Waals surface area contributed by atoms with Crippen LogP contribution < -0.4 is 0 Å². The molecule has 3 rings (SSSR count). The SMILES string of the molecule is CC1=CC2CC1C1CC(C)C(C)C21. The van der Waals surface area contributed by atoms with Crippen LogP contribution in [0.3, 0.4) is 0 Å². The van der Waals surface area contributed by atoms with Gasteiger partial charge in [-0.2, -0.15) is 0 Å². The normalized spacial score (nSPS) is 58.2. The lowest BCUT2D eigenvalue weighted by atomic mass is 9.79. The summed E-state index contributed by atoms with van der Waals surface area (Å²) in [6.07, 6.45) is 5.59. The van der Waals surface area contributed by atoms with Crippen LogP contribution >= 0.6 is 0 Å². The Kier molecular flexibility index (Phi) is 1.49. The van der Waals surface area contributed by atoms with Crippen molar-refractivity contribution in [1.82, 2.24) is 0 Å². The monoisotopic (exact) mass is 176 g/mol. The Morgan fingerprint density at radius 3 is 2.77 bits per heavy atom. The fourth-order valence-electron chi connectivity index (χ4n) is 4.50. The van der Waals surface area contributed by atoms with Gasteiger partial charge in [0.05, 0.1) is 0 Å². The maximum atomic E-state index is 2.58. The van der Waals surface area contributed by atoms with Crippen LogP contribution in [0.1, 0.15) is 33.6 Å². The predicted octanol–water partition coefficient (Wildman–Crippen LogP) is 3.49. The lowest BCUT2D eigenvalue weighted by molar-refractivity contribution is 0.284. The van der Waals surface area contributed by atoms with Crippen LogP contribution in [0.5, 0.6) is 0 Å². The van der Waals surface area contributed by atoms with Crippen molar-refractivity contribution >= 4 is 0 Å². The van der Waals surface area contributed by atoms with Crippen molar-refractivity contribution in [1.29, 1.82) is 0 Å². The number of hydrogen-bond donors (Lipinski definition) is 0. The van der Waals surface area contributed by atoms with Crippen molar-refractivity contribution in [3.05, 3.63) is 11.6 Å². The average molecular weight is 176 g/mol. The molecule has 0 radical (unpaired) electrons. The van der Waals surface area contributed by atoms with Crippen molar-refractivity contribution < 1.29 is 0 Å². The van der Waals surface area contributed by atoms with E-state index in [9.17, 15) is 0 Å². The number of fused-ring (bicyclic) bond motifs is 5. The van der Waals surface area contributed by atoms with Crippen molar-refractivity contribution in [3.8, 4) is 0 Å². The van der Waals surface area contributed by atoms with E-state index in [1.165, 1.54) is 12.8 Å². The maximum absolute atomic E-state index is 2.58. The highest BCUT2D eigenvalue weighted by Crippen LogP contribution is 2.61. The first-order chi connectivity index (χ1) is 6.18. The van der Waals surface area contributed by atoms with Gasteiger partial charge in [0, 0.05) is 0 Å². The topological polar surface area (TPSA) is 0 Å². The second-order valence-corrected chi connectivity index (χ2v) is 5.73. The average Bonchev–Trinajstić information content (AvgIpc) is 2.65. The summed E-state index contributed by atoms with van der Waals surface area (Å²) in [5, 5.41) is 0. The third kappa shape index (κ3) is 0.872. The highest BCUT2D eigenvalue weighted by Gasteiger charge is 2.53. The van der Waals surface area contributed by atoms with Gasteiger partial charge in [-0.15, -0.1) is 0 Å². The predicted molar refractivity (Wildman–Crippen MR) is 55.3 cm³/mol. The van der Waals surface area contributed by atoms with Gasteiger partial charge in [-0.3, -0.25) is 0 Å². The molecule has 0 spiro atoms. The molecule has 2 saturated carbocycles. The summed E-state index contributed by atoms with van der Waals surface area (Å²) in [6.45, 7) is 7.30. The Balaban J connectivity index is 1.95. The largest absolute Gasteiger partial charge is 0.0819 e. The molecule has 0 aromatic rings. The molecule has 72 valence electrons. The lowest BCUT2D eigenvalue weighted by Gasteiger charge is -2.26. The van der Waals surface area contributed by atoms with E-state index in [1.54, 1.807) is 5.57 Å². The zero-order valence-corrected chi connectivity index (χ0v) is 8.96. The molecular weight excluding hydrogens is 156 g/mol. The van der Waals surface area contributed by atoms with Gasteiger partial charge in [0.25, 0.3) is 0 Å². The minimum Gasteiger partial charge on any atom is -0.0819 e. The molecular formula is C13H20. The highest BCUT2D eigenvalue weighted by molar-refractivity contribution is 5.23. The van der Waals surface area contributed by atoms with Gasteiger partial charge >= 0.3 is 0 Å². The number of allylic oxidation sites excluding steroid dienone is 2. The summed E-state index contributed by atoms with van der Waals surface area (Å²) in [6, 6.07) is 0. The molecule has 2 bridgehead atoms. The zero-order chi connectivity index (χ0) is 9.16. The molecule has 0 saturated heterocycles. The molecule has 2 fully saturated rings. The molecule has 0 amide bonds. The van der Waals surface area contributed by atoms with Crippen LogP contribution in [0.2, 0.25) is 0 Å². The Hall–Kier alpha value is -0.260. The van der Waals surface area contributed by atoms with Crippen LogP contribution in [0.4, 0.5) is 0 Å². The summed E-state index contributed by atoms with van der Waals surface area (Å²) >= 11 is 0. The second kappa shape index (κ2) is 2.40. The summed E-state index contributed by atoms with van der Waals surface area (Å²) in [5.74, 6) is 6.06. The van der Waals surface area contributed by atoms with Crippen LogP contribution in [0, 0.1) is 35.5 Å². The van der Waals surface area contributed by atoms with E-state index in [0.29, 0.717) is 0 Å². The van der Waals surface area contributed by atoms with Crippen molar-refractivity contribution in [2.45, 2.75) is 33.6 Å². The highest BCUT2D eigenvalue weighted by atomic mass is 14.6. The van der Waals surface area contributed by atoms with Gasteiger partial charge in [-0.1, -0.05) is 25.5 Å². The molecule has 0 nitrogen and oxygen atoms in total. The summed E-state index contributed by atoms with van der Waals surface area (Å²) in [4.78, 5) is 0. The Morgan fingerprint density at radius 1 is 1.23 bits per heavy atom. The van der Waals surface area contributed by atoms with Crippen molar-refractivity contribution in [2.75, 3.05) is 0 Å². The van der Waals surface area contributed by atoms with E-state index in [2.05, 4.69) is 26.8 Å². The van der Waals surface area contributed by atoms with Crippen LogP contribution in [0.15, 0.2) is 11.6 Å². The first-order valence-electron chi connectivity index (χ1n) is 5.87. The van der Waals surface area contributed by atoms with Gasteiger partial charge in [-0.25, -0.2) is 0 Å². The quantitative estimate of drug-likeness (QED) is 0.496. The van der Waals surface area contributed by atoms with E-state index in [1.807, 2.05) is 0 Å². The van der Waals surface area contributed by atoms with Gasteiger partial charge < -0.3 is 0 Å². The summed E-state index contributed by atoms with van der Waals surface area (Å²) in [7, 11) is 0. The first kappa shape index (κ1) is 8.08. The molecule has 0 aliphatic heterocycles. The fraction of sp³-hybridized carbons (Fsp3) is 0.846. The zero-order valence-electron chi connectivity index (χ0n) is 8.96. The molecule has 0 aromatic heterocycles. The number of rotatable bonds is 0. The summed E-state index contributed by atoms with van der Waals surface area (Å²) < 4.78 is 0.